The molecule has 3 aromatic rings. The molecule has 0 heterocycles. The summed E-state index contributed by atoms with van der Waals surface area (Å²) in [5.41, 5.74) is 5.00. The lowest BCUT2D eigenvalue weighted by atomic mass is 9.99. The molecule has 3 rings (SSSR count). The molecular formula is C18H17P3. The van der Waals surface area contributed by atoms with Crippen LogP contribution in [0.4, 0.5) is 0 Å². The molecule has 0 saturated heterocycles. The van der Waals surface area contributed by atoms with Crippen LogP contribution in [0, 0.1) is 0 Å². The zero-order valence-corrected chi connectivity index (χ0v) is 15.0. The van der Waals surface area contributed by atoms with E-state index in [2.05, 4.69) is 94.4 Å². The summed E-state index contributed by atoms with van der Waals surface area (Å²) >= 11 is 0. The molecule has 0 aliphatic rings. The predicted octanol–water partition coefficient (Wildman–Crippen LogP) is 3.52. The van der Waals surface area contributed by atoms with Gasteiger partial charge in [-0.15, -0.1) is 27.7 Å². The summed E-state index contributed by atoms with van der Waals surface area (Å²) in [5, 5.41) is 3.63. The van der Waals surface area contributed by atoms with Crippen molar-refractivity contribution in [3.8, 4) is 22.3 Å². The van der Waals surface area contributed by atoms with Crippen LogP contribution in [-0.4, -0.2) is 0 Å². The third-order valence-electron chi connectivity index (χ3n) is 3.49. The van der Waals surface area contributed by atoms with E-state index in [0.29, 0.717) is 0 Å². The molecule has 0 radical (unpaired) electrons. The molecule has 0 aliphatic heterocycles. The average molecular weight is 326 g/mol. The van der Waals surface area contributed by atoms with Crippen LogP contribution in [-0.2, 0) is 0 Å². The van der Waals surface area contributed by atoms with Gasteiger partial charge in [-0.2, -0.15) is 0 Å². The molecule has 0 saturated carbocycles. The van der Waals surface area contributed by atoms with E-state index in [4.69, 9.17) is 0 Å². The van der Waals surface area contributed by atoms with Crippen LogP contribution in [0.1, 0.15) is 0 Å². The highest BCUT2D eigenvalue weighted by Gasteiger charge is 2.04. The standard InChI is InChI=1S/C18H17P3/c19-15-6-4-12(5-7-15)13-2-1-3-14(10-13)17-9-8-16(20)11-18(17)21/h1-11H,19-21H2. The van der Waals surface area contributed by atoms with Crippen LogP contribution in [0.3, 0.4) is 0 Å². The second kappa shape index (κ2) is 6.37. The largest absolute Gasteiger partial charge is 0.106 e. The third kappa shape index (κ3) is 3.41. The van der Waals surface area contributed by atoms with Crippen molar-refractivity contribution >= 4 is 43.6 Å². The molecule has 0 bridgehead atoms. The molecule has 3 atom stereocenters. The molecule has 104 valence electrons. The normalized spacial score (nSPS) is 10.6. The van der Waals surface area contributed by atoms with Crippen molar-refractivity contribution in [2.75, 3.05) is 0 Å². The molecule has 0 aromatic heterocycles. The van der Waals surface area contributed by atoms with Crippen molar-refractivity contribution < 1.29 is 0 Å². The van der Waals surface area contributed by atoms with Crippen molar-refractivity contribution in [2.45, 2.75) is 0 Å². The van der Waals surface area contributed by atoms with Gasteiger partial charge in [0.05, 0.1) is 0 Å². The van der Waals surface area contributed by atoms with Crippen LogP contribution in [0.15, 0.2) is 66.7 Å². The Hall–Kier alpha value is -1.05. The number of benzene rings is 3. The summed E-state index contributed by atoms with van der Waals surface area (Å²) < 4.78 is 0. The average Bonchev–Trinajstić information content (AvgIpc) is 2.48. The zero-order valence-electron chi connectivity index (χ0n) is 11.6. The predicted molar refractivity (Wildman–Crippen MR) is 105 cm³/mol. The fourth-order valence-electron chi connectivity index (χ4n) is 2.39. The second-order valence-corrected chi connectivity index (χ2v) is 7.00. The van der Waals surface area contributed by atoms with Crippen LogP contribution in [0.2, 0.25) is 0 Å². The Labute approximate surface area is 133 Å². The summed E-state index contributed by atoms with van der Waals surface area (Å²) in [6, 6.07) is 23.7. The van der Waals surface area contributed by atoms with Gasteiger partial charge < -0.3 is 0 Å². The third-order valence-corrected chi connectivity index (χ3v) is 4.71. The Morgan fingerprint density at radius 2 is 1.19 bits per heavy atom. The van der Waals surface area contributed by atoms with Crippen LogP contribution >= 0.6 is 27.7 Å². The van der Waals surface area contributed by atoms with Gasteiger partial charge in [-0.1, -0.05) is 54.6 Å². The lowest BCUT2D eigenvalue weighted by Gasteiger charge is -2.09. The van der Waals surface area contributed by atoms with E-state index in [1.54, 1.807) is 0 Å². The molecule has 0 nitrogen and oxygen atoms in total. The molecule has 0 fully saturated rings. The zero-order chi connectivity index (χ0) is 14.8. The molecule has 0 aliphatic carbocycles. The first kappa shape index (κ1) is 14.9. The van der Waals surface area contributed by atoms with Crippen LogP contribution in [0.25, 0.3) is 22.3 Å². The maximum atomic E-state index is 2.83. The van der Waals surface area contributed by atoms with Crippen molar-refractivity contribution in [1.29, 1.82) is 0 Å². The first-order chi connectivity index (χ1) is 10.1. The van der Waals surface area contributed by atoms with E-state index >= 15 is 0 Å². The highest BCUT2D eigenvalue weighted by Crippen LogP contribution is 2.26. The Morgan fingerprint density at radius 3 is 1.90 bits per heavy atom. The molecule has 0 amide bonds. The highest BCUT2D eigenvalue weighted by atomic mass is 31.0. The number of hydrogen-bond acceptors (Lipinski definition) is 0. The van der Waals surface area contributed by atoms with Gasteiger partial charge in [-0.3, -0.25) is 0 Å². The fraction of sp³-hybridized carbons (Fsp3) is 0. The summed E-state index contributed by atoms with van der Waals surface area (Å²) in [6.07, 6.45) is 0. The number of hydrogen-bond donors (Lipinski definition) is 0. The van der Waals surface area contributed by atoms with E-state index in [-0.39, 0.29) is 0 Å². The minimum atomic E-state index is 1.20. The minimum Gasteiger partial charge on any atom is -0.106 e. The molecule has 3 unspecified atom stereocenters. The van der Waals surface area contributed by atoms with Crippen LogP contribution in [0.5, 0.6) is 0 Å². The van der Waals surface area contributed by atoms with E-state index in [9.17, 15) is 0 Å². The first-order valence-electron chi connectivity index (χ1n) is 6.75. The number of rotatable bonds is 2. The van der Waals surface area contributed by atoms with Crippen molar-refractivity contribution in [2.24, 2.45) is 0 Å². The molecular weight excluding hydrogens is 309 g/mol. The first-order valence-corrected chi connectivity index (χ1v) is 8.48. The SMILES string of the molecule is Pc1ccc(-c2cccc(-c3ccc(P)cc3P)c2)cc1. The van der Waals surface area contributed by atoms with Gasteiger partial charge >= 0.3 is 0 Å². The molecule has 21 heavy (non-hydrogen) atoms. The van der Waals surface area contributed by atoms with Crippen LogP contribution < -0.4 is 15.9 Å². The quantitative estimate of drug-likeness (QED) is 0.632. The van der Waals surface area contributed by atoms with E-state index in [1.165, 1.54) is 38.2 Å². The van der Waals surface area contributed by atoms with Gasteiger partial charge in [0.2, 0.25) is 0 Å². The Morgan fingerprint density at radius 1 is 0.524 bits per heavy atom. The second-order valence-electron chi connectivity index (χ2n) is 5.05. The maximum absolute atomic E-state index is 2.83. The van der Waals surface area contributed by atoms with Crippen molar-refractivity contribution in [3.63, 3.8) is 0 Å². The maximum Gasteiger partial charge on any atom is -0.0112 e. The Balaban J connectivity index is 2.05. The molecule has 0 spiro atoms. The Bertz CT molecular complexity index is 777. The summed E-state index contributed by atoms with van der Waals surface area (Å²) in [5.74, 6) is 0. The van der Waals surface area contributed by atoms with Gasteiger partial charge in [0.15, 0.2) is 0 Å². The smallest absolute Gasteiger partial charge is 0.0112 e. The summed E-state index contributed by atoms with van der Waals surface area (Å²) in [6.45, 7) is 0. The topological polar surface area (TPSA) is 0 Å². The van der Waals surface area contributed by atoms with E-state index in [1.807, 2.05) is 0 Å². The Kier molecular flexibility index (Phi) is 4.51. The van der Waals surface area contributed by atoms with Gasteiger partial charge in [0, 0.05) is 0 Å². The fourth-order valence-corrected chi connectivity index (χ4v) is 3.50. The van der Waals surface area contributed by atoms with E-state index < -0.39 is 0 Å². The van der Waals surface area contributed by atoms with Crippen molar-refractivity contribution in [1.82, 2.24) is 0 Å². The minimum absolute atomic E-state index is 1.20. The van der Waals surface area contributed by atoms with Crippen molar-refractivity contribution in [3.05, 3.63) is 66.7 Å². The molecule has 0 N–H and O–H groups in total. The van der Waals surface area contributed by atoms with E-state index in [0.717, 1.165) is 0 Å². The highest BCUT2D eigenvalue weighted by molar-refractivity contribution is 7.29. The molecule has 3 aromatic carbocycles. The lowest BCUT2D eigenvalue weighted by Crippen LogP contribution is -2.03. The summed E-state index contributed by atoms with van der Waals surface area (Å²) in [4.78, 5) is 0. The molecule has 3 heteroatoms. The lowest BCUT2D eigenvalue weighted by molar-refractivity contribution is 1.62. The van der Waals surface area contributed by atoms with Gasteiger partial charge in [0.1, 0.15) is 0 Å². The van der Waals surface area contributed by atoms with Gasteiger partial charge in [-0.05, 0) is 50.3 Å². The van der Waals surface area contributed by atoms with Gasteiger partial charge in [-0.25, -0.2) is 0 Å². The monoisotopic (exact) mass is 326 g/mol. The summed E-state index contributed by atoms with van der Waals surface area (Å²) in [7, 11) is 8.29. The van der Waals surface area contributed by atoms with Gasteiger partial charge in [0.25, 0.3) is 0 Å².